The Bertz CT molecular complexity index is 34.1. The van der Waals surface area contributed by atoms with Crippen LogP contribution in [0.3, 0.4) is 0 Å². The van der Waals surface area contributed by atoms with E-state index in [-0.39, 0.29) is 0 Å². The lowest BCUT2D eigenvalue weighted by Gasteiger charge is -2.12. The molecule has 0 fully saturated rings. The van der Waals surface area contributed by atoms with Crippen molar-refractivity contribution in [3.8, 4) is 0 Å². The predicted octanol–water partition coefficient (Wildman–Crippen LogP) is 2.02. The Balaban J connectivity index is 0. The second-order valence-electron chi connectivity index (χ2n) is 2.91. The zero-order valence-corrected chi connectivity index (χ0v) is 6.78. The quantitative estimate of drug-likeness (QED) is 0.516. The first-order valence-corrected chi connectivity index (χ1v) is 3.14. The van der Waals surface area contributed by atoms with E-state index in [9.17, 15) is 0 Å². The van der Waals surface area contributed by atoms with Crippen molar-refractivity contribution >= 4 is 0 Å². The molecule has 0 radical (unpaired) electrons. The van der Waals surface area contributed by atoms with E-state index < -0.39 is 0 Å². The van der Waals surface area contributed by atoms with Crippen LogP contribution in [0.5, 0.6) is 0 Å². The zero-order chi connectivity index (χ0) is 7.21. The molecule has 0 spiro atoms. The third kappa shape index (κ3) is 16.7. The van der Waals surface area contributed by atoms with E-state index in [1.165, 1.54) is 13.5 Å². The van der Waals surface area contributed by atoms with Gasteiger partial charge in [-0.25, -0.2) is 0 Å². The average molecular weight is 117 g/mol. The molecular weight excluding hydrogens is 98.1 g/mol. The molecule has 0 unspecified atom stereocenters. The van der Waals surface area contributed by atoms with Gasteiger partial charge in [0.2, 0.25) is 0 Å². The highest BCUT2D eigenvalue weighted by Crippen LogP contribution is 2.16. The van der Waals surface area contributed by atoms with Gasteiger partial charge in [0, 0.05) is 0 Å². The number of hydrogen-bond donors (Lipinski definition) is 1. The van der Waals surface area contributed by atoms with Crippen molar-refractivity contribution in [1.29, 1.82) is 0 Å². The molecule has 0 aromatic heterocycles. The van der Waals surface area contributed by atoms with Crippen LogP contribution in [-0.4, -0.2) is 7.05 Å². The van der Waals surface area contributed by atoms with Crippen molar-refractivity contribution in [1.82, 2.24) is 0 Å². The molecule has 1 nitrogen and oxygen atoms in total. The van der Waals surface area contributed by atoms with Crippen LogP contribution in [0.4, 0.5) is 0 Å². The molecule has 0 aromatic rings. The average Bonchev–Trinajstić information content (AvgIpc) is 1.71. The maximum atomic E-state index is 4.50. The summed E-state index contributed by atoms with van der Waals surface area (Å²) >= 11 is 0. The topological polar surface area (TPSA) is 26.0 Å². The lowest BCUT2D eigenvalue weighted by Crippen LogP contribution is -2.00. The predicted molar refractivity (Wildman–Crippen MR) is 39.9 cm³/mol. The van der Waals surface area contributed by atoms with E-state index in [0.29, 0.717) is 5.41 Å². The van der Waals surface area contributed by atoms with E-state index in [4.69, 9.17) is 0 Å². The molecule has 0 heterocycles. The second kappa shape index (κ2) is 5.10. The second-order valence-corrected chi connectivity index (χ2v) is 2.91. The van der Waals surface area contributed by atoms with Crippen LogP contribution < -0.4 is 5.73 Å². The van der Waals surface area contributed by atoms with Crippen LogP contribution in [0.15, 0.2) is 0 Å². The van der Waals surface area contributed by atoms with E-state index in [1.54, 1.807) is 0 Å². The molecule has 0 rings (SSSR count). The van der Waals surface area contributed by atoms with Gasteiger partial charge in [0.15, 0.2) is 0 Å². The molecular formula is C7H19N. The van der Waals surface area contributed by atoms with Crippen LogP contribution in [-0.2, 0) is 0 Å². The van der Waals surface area contributed by atoms with E-state index in [2.05, 4.69) is 33.4 Å². The fourth-order valence-electron chi connectivity index (χ4n) is 0. The fraction of sp³-hybridized carbons (Fsp3) is 1.00. The van der Waals surface area contributed by atoms with Crippen LogP contribution in [0.1, 0.15) is 34.1 Å². The first-order chi connectivity index (χ1) is 3.56. The van der Waals surface area contributed by atoms with E-state index >= 15 is 0 Å². The molecule has 0 aromatic carbocycles. The summed E-state index contributed by atoms with van der Waals surface area (Å²) in [6.45, 7) is 8.94. The largest absolute Gasteiger partial charge is 0.333 e. The summed E-state index contributed by atoms with van der Waals surface area (Å²) in [6, 6.07) is 0. The maximum absolute atomic E-state index is 4.50. The Morgan fingerprint density at radius 3 is 1.25 bits per heavy atom. The summed E-state index contributed by atoms with van der Waals surface area (Å²) in [7, 11) is 1.50. The Kier molecular flexibility index (Phi) is 6.93. The zero-order valence-electron chi connectivity index (χ0n) is 6.78. The summed E-state index contributed by atoms with van der Waals surface area (Å²) in [5.41, 5.74) is 5.04. The summed E-state index contributed by atoms with van der Waals surface area (Å²) in [6.07, 6.45) is 1.27. The van der Waals surface area contributed by atoms with Crippen molar-refractivity contribution in [2.45, 2.75) is 34.1 Å². The van der Waals surface area contributed by atoms with Gasteiger partial charge in [-0.05, 0) is 12.5 Å². The first kappa shape index (κ1) is 10.9. The van der Waals surface area contributed by atoms with Crippen molar-refractivity contribution in [2.24, 2.45) is 11.1 Å². The van der Waals surface area contributed by atoms with E-state index in [0.717, 1.165) is 0 Å². The SMILES string of the molecule is CCC(C)(C)C.CN. The van der Waals surface area contributed by atoms with Gasteiger partial charge in [0.1, 0.15) is 0 Å². The maximum Gasteiger partial charge on any atom is -0.0195 e. The fourth-order valence-corrected chi connectivity index (χ4v) is 0. The van der Waals surface area contributed by atoms with Gasteiger partial charge >= 0.3 is 0 Å². The van der Waals surface area contributed by atoms with Gasteiger partial charge in [-0.1, -0.05) is 34.1 Å². The lowest BCUT2D eigenvalue weighted by atomic mass is 9.94. The highest BCUT2D eigenvalue weighted by Gasteiger charge is 2.03. The Morgan fingerprint density at radius 2 is 1.25 bits per heavy atom. The van der Waals surface area contributed by atoms with Crippen molar-refractivity contribution in [2.75, 3.05) is 7.05 Å². The monoisotopic (exact) mass is 117 g/mol. The third-order valence-electron chi connectivity index (χ3n) is 1.06. The lowest BCUT2D eigenvalue weighted by molar-refractivity contribution is 0.398. The number of nitrogens with two attached hydrogens (primary N) is 1. The van der Waals surface area contributed by atoms with Crippen molar-refractivity contribution in [3.63, 3.8) is 0 Å². The van der Waals surface area contributed by atoms with Gasteiger partial charge in [0.25, 0.3) is 0 Å². The van der Waals surface area contributed by atoms with Gasteiger partial charge in [-0.15, -0.1) is 0 Å². The van der Waals surface area contributed by atoms with Gasteiger partial charge in [0.05, 0.1) is 0 Å². The van der Waals surface area contributed by atoms with Crippen LogP contribution in [0.25, 0.3) is 0 Å². The van der Waals surface area contributed by atoms with Gasteiger partial charge in [-0.3, -0.25) is 0 Å². The Labute approximate surface area is 53.3 Å². The molecule has 0 saturated heterocycles. The van der Waals surface area contributed by atoms with Gasteiger partial charge in [-0.2, -0.15) is 0 Å². The Hall–Kier alpha value is -0.0400. The number of hydrogen-bond acceptors (Lipinski definition) is 1. The molecule has 8 heavy (non-hydrogen) atoms. The minimum Gasteiger partial charge on any atom is -0.333 e. The third-order valence-corrected chi connectivity index (χ3v) is 1.06. The summed E-state index contributed by atoms with van der Waals surface area (Å²) in [5, 5.41) is 0. The molecule has 0 amide bonds. The standard InChI is InChI=1S/C6H14.CH5N/c1-5-6(2,3)4;1-2/h5H2,1-4H3;2H2,1H3. The normalized spacial score (nSPS) is 9.75. The molecule has 0 bridgehead atoms. The van der Waals surface area contributed by atoms with E-state index in [1.807, 2.05) is 0 Å². The molecule has 2 N–H and O–H groups in total. The summed E-state index contributed by atoms with van der Waals surface area (Å²) < 4.78 is 0. The molecule has 0 aliphatic carbocycles. The molecule has 0 aliphatic rings. The summed E-state index contributed by atoms with van der Waals surface area (Å²) in [5.74, 6) is 0. The highest BCUT2D eigenvalue weighted by atomic mass is 14.4. The summed E-state index contributed by atoms with van der Waals surface area (Å²) in [4.78, 5) is 0. The van der Waals surface area contributed by atoms with Crippen LogP contribution in [0.2, 0.25) is 0 Å². The number of rotatable bonds is 0. The van der Waals surface area contributed by atoms with Crippen LogP contribution >= 0.6 is 0 Å². The van der Waals surface area contributed by atoms with Crippen molar-refractivity contribution in [3.05, 3.63) is 0 Å². The first-order valence-electron chi connectivity index (χ1n) is 3.14. The van der Waals surface area contributed by atoms with Crippen molar-refractivity contribution < 1.29 is 0 Å². The molecule has 0 aliphatic heterocycles. The molecule has 0 saturated carbocycles. The highest BCUT2D eigenvalue weighted by molar-refractivity contribution is 4.55. The smallest absolute Gasteiger partial charge is 0.0195 e. The molecule has 0 atom stereocenters. The van der Waals surface area contributed by atoms with Crippen LogP contribution in [0, 0.1) is 5.41 Å². The minimum absolute atomic E-state index is 0.542. The molecule has 52 valence electrons. The van der Waals surface area contributed by atoms with Gasteiger partial charge < -0.3 is 5.73 Å². The minimum atomic E-state index is 0.542. The Morgan fingerprint density at radius 1 is 1.12 bits per heavy atom. The molecule has 1 heteroatoms.